The SMILES string of the molecule is Cn1c(=O)n(C)c2cc(C(=O)CCCCNCCc3ccccc3O)ccc21. The summed E-state index contributed by atoms with van der Waals surface area (Å²) in [6.45, 7) is 1.64. The van der Waals surface area contributed by atoms with E-state index in [4.69, 9.17) is 0 Å². The number of Topliss-reactive ketones (excluding diaryl/α,β-unsaturated/α-hetero) is 1. The summed E-state index contributed by atoms with van der Waals surface area (Å²) in [7, 11) is 3.46. The third kappa shape index (κ3) is 4.34. The van der Waals surface area contributed by atoms with Crippen molar-refractivity contribution in [1.82, 2.24) is 14.5 Å². The minimum atomic E-state index is -0.0884. The van der Waals surface area contributed by atoms with Crippen LogP contribution in [-0.2, 0) is 20.5 Å². The number of hydrogen-bond acceptors (Lipinski definition) is 4. The third-order valence-corrected chi connectivity index (χ3v) is 5.16. The molecule has 148 valence electrons. The topological polar surface area (TPSA) is 76.3 Å². The number of nitrogens with one attached hydrogen (secondary N) is 1. The highest BCUT2D eigenvalue weighted by Gasteiger charge is 2.11. The van der Waals surface area contributed by atoms with Crippen molar-refractivity contribution in [1.29, 1.82) is 0 Å². The minimum Gasteiger partial charge on any atom is -0.508 e. The molecule has 1 heterocycles. The van der Waals surface area contributed by atoms with Gasteiger partial charge in [0, 0.05) is 26.1 Å². The number of aromatic hydroxyl groups is 1. The fourth-order valence-electron chi connectivity index (χ4n) is 3.43. The monoisotopic (exact) mass is 381 g/mol. The Hall–Kier alpha value is -2.86. The smallest absolute Gasteiger partial charge is 0.328 e. The first-order valence-corrected chi connectivity index (χ1v) is 9.65. The maximum atomic E-state index is 12.5. The van der Waals surface area contributed by atoms with Crippen LogP contribution in [0.5, 0.6) is 5.75 Å². The molecule has 0 saturated heterocycles. The van der Waals surface area contributed by atoms with E-state index in [9.17, 15) is 14.7 Å². The van der Waals surface area contributed by atoms with E-state index in [-0.39, 0.29) is 11.5 Å². The molecule has 0 fully saturated rings. The van der Waals surface area contributed by atoms with Crippen LogP contribution in [-0.4, -0.2) is 33.1 Å². The van der Waals surface area contributed by atoms with Crippen molar-refractivity contribution in [3.05, 3.63) is 64.1 Å². The lowest BCUT2D eigenvalue weighted by Crippen LogP contribution is -2.19. The zero-order valence-electron chi connectivity index (χ0n) is 16.4. The van der Waals surface area contributed by atoms with Gasteiger partial charge in [0.05, 0.1) is 11.0 Å². The van der Waals surface area contributed by atoms with Gasteiger partial charge in [0.2, 0.25) is 0 Å². The number of imidazole rings is 1. The quantitative estimate of drug-likeness (QED) is 0.441. The lowest BCUT2D eigenvalue weighted by molar-refractivity contribution is 0.0979. The van der Waals surface area contributed by atoms with Crippen molar-refractivity contribution in [2.45, 2.75) is 25.7 Å². The molecule has 0 aliphatic carbocycles. The van der Waals surface area contributed by atoms with Crippen LogP contribution in [0.4, 0.5) is 0 Å². The Morgan fingerprint density at radius 3 is 2.54 bits per heavy atom. The number of rotatable bonds is 9. The Labute approximate surface area is 164 Å². The van der Waals surface area contributed by atoms with E-state index in [1.54, 1.807) is 35.4 Å². The van der Waals surface area contributed by atoms with E-state index in [1.165, 1.54) is 0 Å². The summed E-state index contributed by atoms with van der Waals surface area (Å²) in [6, 6.07) is 12.8. The lowest BCUT2D eigenvalue weighted by atomic mass is 10.0. The molecule has 6 heteroatoms. The molecule has 2 aromatic carbocycles. The molecule has 3 aromatic rings. The van der Waals surface area contributed by atoms with Gasteiger partial charge >= 0.3 is 5.69 Å². The van der Waals surface area contributed by atoms with Crippen molar-refractivity contribution < 1.29 is 9.90 Å². The van der Waals surface area contributed by atoms with Crippen molar-refractivity contribution in [2.75, 3.05) is 13.1 Å². The molecule has 0 unspecified atom stereocenters. The first-order chi connectivity index (χ1) is 13.5. The molecule has 0 amide bonds. The first-order valence-electron chi connectivity index (χ1n) is 9.65. The number of aryl methyl sites for hydroxylation is 2. The number of nitrogens with zero attached hydrogens (tertiary/aromatic N) is 2. The molecule has 0 saturated carbocycles. The molecular weight excluding hydrogens is 354 g/mol. The molecule has 6 nitrogen and oxygen atoms in total. The second-order valence-electron chi connectivity index (χ2n) is 7.11. The summed E-state index contributed by atoms with van der Waals surface area (Å²) in [4.78, 5) is 24.5. The van der Waals surface area contributed by atoms with Crippen LogP contribution < -0.4 is 11.0 Å². The zero-order chi connectivity index (χ0) is 20.1. The predicted octanol–water partition coefficient (Wildman–Crippen LogP) is 2.77. The van der Waals surface area contributed by atoms with Gasteiger partial charge in [-0.1, -0.05) is 18.2 Å². The number of aromatic nitrogens is 2. The number of fused-ring (bicyclic) bond motifs is 1. The maximum absolute atomic E-state index is 12.5. The summed E-state index contributed by atoms with van der Waals surface area (Å²) in [5.74, 6) is 0.440. The van der Waals surface area contributed by atoms with Crippen LogP contribution >= 0.6 is 0 Å². The van der Waals surface area contributed by atoms with Gasteiger partial charge in [-0.05, 0) is 62.2 Å². The number of benzene rings is 2. The van der Waals surface area contributed by atoms with Crippen molar-refractivity contribution >= 4 is 16.8 Å². The van der Waals surface area contributed by atoms with E-state index >= 15 is 0 Å². The summed E-state index contributed by atoms with van der Waals surface area (Å²) < 4.78 is 3.16. The van der Waals surface area contributed by atoms with Gasteiger partial charge in [0.1, 0.15) is 5.75 Å². The average Bonchev–Trinajstić information content (AvgIpc) is 2.92. The zero-order valence-corrected chi connectivity index (χ0v) is 16.4. The van der Waals surface area contributed by atoms with E-state index in [1.807, 2.05) is 30.3 Å². The van der Waals surface area contributed by atoms with Gasteiger partial charge < -0.3 is 10.4 Å². The van der Waals surface area contributed by atoms with Crippen LogP contribution in [0.25, 0.3) is 11.0 Å². The van der Waals surface area contributed by atoms with E-state index in [2.05, 4.69) is 5.32 Å². The van der Waals surface area contributed by atoms with Crippen molar-refractivity contribution in [3.8, 4) is 5.75 Å². The number of para-hydroxylation sites is 1. The molecule has 0 spiro atoms. The standard InChI is InChI=1S/C22H27N3O3/c1-24-18-11-10-17(15-19(18)25(2)22(24)28)21(27)9-5-6-13-23-14-12-16-7-3-4-8-20(16)26/h3-4,7-8,10-11,15,23,26H,5-6,9,12-14H2,1-2H3. The van der Waals surface area contributed by atoms with Crippen LogP contribution in [0.2, 0.25) is 0 Å². The Morgan fingerprint density at radius 1 is 1.00 bits per heavy atom. The molecule has 2 N–H and O–H groups in total. The van der Waals surface area contributed by atoms with E-state index in [0.717, 1.165) is 48.9 Å². The highest BCUT2D eigenvalue weighted by Crippen LogP contribution is 2.17. The molecule has 0 bridgehead atoms. The second kappa shape index (κ2) is 8.89. The van der Waals surface area contributed by atoms with Crippen LogP contribution in [0.15, 0.2) is 47.3 Å². The first kappa shape index (κ1) is 19.9. The number of ketones is 1. The Morgan fingerprint density at radius 2 is 1.75 bits per heavy atom. The number of phenolic OH excluding ortho intramolecular Hbond substituents is 1. The molecule has 0 aliphatic rings. The Balaban J connectivity index is 1.42. The van der Waals surface area contributed by atoms with Gasteiger partial charge in [0.15, 0.2) is 5.78 Å². The second-order valence-corrected chi connectivity index (χ2v) is 7.11. The van der Waals surface area contributed by atoms with Crippen molar-refractivity contribution in [2.24, 2.45) is 14.1 Å². The number of carbonyl (C=O) groups excluding carboxylic acids is 1. The highest BCUT2D eigenvalue weighted by molar-refractivity contribution is 5.98. The van der Waals surface area contributed by atoms with Crippen LogP contribution in [0, 0.1) is 0 Å². The maximum Gasteiger partial charge on any atom is 0.328 e. The average molecular weight is 381 g/mol. The summed E-state index contributed by atoms with van der Waals surface area (Å²) in [5.41, 5.74) is 3.12. The van der Waals surface area contributed by atoms with Gasteiger partial charge in [-0.2, -0.15) is 0 Å². The molecule has 1 aromatic heterocycles. The van der Waals surface area contributed by atoms with Crippen molar-refractivity contribution in [3.63, 3.8) is 0 Å². The minimum absolute atomic E-state index is 0.0884. The largest absolute Gasteiger partial charge is 0.508 e. The number of hydrogen-bond donors (Lipinski definition) is 2. The molecule has 0 aliphatic heterocycles. The summed E-state index contributed by atoms with van der Waals surface area (Å²) >= 11 is 0. The van der Waals surface area contributed by atoms with Gasteiger partial charge in [0.25, 0.3) is 0 Å². The highest BCUT2D eigenvalue weighted by atomic mass is 16.3. The summed E-state index contributed by atoms with van der Waals surface area (Å²) in [5, 5.41) is 13.1. The van der Waals surface area contributed by atoms with Gasteiger partial charge in [-0.25, -0.2) is 4.79 Å². The number of phenols is 1. The summed E-state index contributed by atoms with van der Waals surface area (Å²) in [6.07, 6.45) is 3.00. The molecule has 0 radical (unpaired) electrons. The van der Waals surface area contributed by atoms with Gasteiger partial charge in [-0.3, -0.25) is 13.9 Å². The molecular formula is C22H27N3O3. The van der Waals surface area contributed by atoms with E-state index in [0.29, 0.717) is 17.7 Å². The van der Waals surface area contributed by atoms with Crippen LogP contribution in [0.1, 0.15) is 35.2 Å². The molecule has 0 atom stereocenters. The number of carbonyl (C=O) groups is 1. The molecule has 3 rings (SSSR count). The fourth-order valence-corrected chi connectivity index (χ4v) is 3.43. The third-order valence-electron chi connectivity index (χ3n) is 5.16. The predicted molar refractivity (Wildman–Crippen MR) is 111 cm³/mol. The van der Waals surface area contributed by atoms with Gasteiger partial charge in [-0.15, -0.1) is 0 Å². The fraction of sp³-hybridized carbons (Fsp3) is 0.364. The molecule has 28 heavy (non-hydrogen) atoms. The number of unbranched alkanes of at least 4 members (excludes halogenated alkanes) is 1. The Bertz CT molecular complexity index is 1030. The van der Waals surface area contributed by atoms with E-state index < -0.39 is 0 Å². The Kier molecular flexibility index (Phi) is 6.31. The normalized spacial score (nSPS) is 11.2. The van der Waals surface area contributed by atoms with Crippen LogP contribution in [0.3, 0.4) is 0 Å². The lowest BCUT2D eigenvalue weighted by Gasteiger charge is -2.06.